The second-order valence-electron chi connectivity index (χ2n) is 6.42. The Morgan fingerprint density at radius 1 is 1.50 bits per heavy atom. The maximum atomic E-state index is 12.4. The van der Waals surface area contributed by atoms with Crippen LogP contribution < -0.4 is 5.32 Å². The van der Waals surface area contributed by atoms with Crippen molar-refractivity contribution in [2.45, 2.75) is 25.9 Å². The summed E-state index contributed by atoms with van der Waals surface area (Å²) in [5.41, 5.74) is 0.874. The number of likely N-dealkylation sites (tertiary alicyclic amines) is 1. The van der Waals surface area contributed by atoms with E-state index in [9.17, 15) is 9.59 Å². The molecule has 0 aliphatic carbocycles. The molecule has 8 nitrogen and oxygen atoms in total. The molecule has 2 aliphatic heterocycles. The number of aromatic nitrogens is 1. The van der Waals surface area contributed by atoms with E-state index in [0.29, 0.717) is 25.6 Å². The van der Waals surface area contributed by atoms with Gasteiger partial charge >= 0.3 is 0 Å². The number of nitrogens with zero attached hydrogens (tertiary/aromatic N) is 3. The Hall–Kier alpha value is -1.93. The first kappa shape index (κ1) is 16.9. The predicted octanol–water partition coefficient (Wildman–Crippen LogP) is -0.140. The van der Waals surface area contributed by atoms with E-state index in [1.807, 2.05) is 11.0 Å². The monoisotopic (exact) mass is 336 g/mol. The van der Waals surface area contributed by atoms with Crippen LogP contribution in [0.5, 0.6) is 0 Å². The van der Waals surface area contributed by atoms with Gasteiger partial charge in [-0.25, -0.2) is 0 Å². The van der Waals surface area contributed by atoms with Crippen LogP contribution in [0.3, 0.4) is 0 Å². The Morgan fingerprint density at radius 2 is 2.38 bits per heavy atom. The third-order valence-electron chi connectivity index (χ3n) is 4.79. The second kappa shape index (κ2) is 7.76. The topological polar surface area (TPSA) is 87.9 Å². The summed E-state index contributed by atoms with van der Waals surface area (Å²) in [7, 11) is 0. The van der Waals surface area contributed by atoms with E-state index in [4.69, 9.17) is 9.26 Å². The number of nitrogens with one attached hydrogen (secondary N) is 1. The average Bonchev–Trinajstić information content (AvgIpc) is 3.26. The van der Waals surface area contributed by atoms with E-state index in [0.717, 1.165) is 25.2 Å². The van der Waals surface area contributed by atoms with Gasteiger partial charge in [-0.3, -0.25) is 9.59 Å². The van der Waals surface area contributed by atoms with Crippen LogP contribution in [0.15, 0.2) is 16.9 Å². The molecule has 1 aromatic rings. The van der Waals surface area contributed by atoms with Crippen molar-refractivity contribution in [3.63, 3.8) is 0 Å². The van der Waals surface area contributed by atoms with Crippen LogP contribution in [-0.4, -0.2) is 72.2 Å². The number of amides is 2. The van der Waals surface area contributed by atoms with Gasteiger partial charge in [-0.05, 0) is 19.3 Å². The number of carbonyl (C=O) groups is 2. The molecule has 0 radical (unpaired) electrons. The number of hydrogen-bond acceptors (Lipinski definition) is 6. The van der Waals surface area contributed by atoms with E-state index in [2.05, 4.69) is 17.4 Å². The van der Waals surface area contributed by atoms with Gasteiger partial charge in [0.1, 0.15) is 12.9 Å². The first-order valence-electron chi connectivity index (χ1n) is 8.39. The summed E-state index contributed by atoms with van der Waals surface area (Å²) in [6.45, 7) is 5.51. The van der Waals surface area contributed by atoms with E-state index < -0.39 is 0 Å². The van der Waals surface area contributed by atoms with Gasteiger partial charge in [-0.15, -0.1) is 0 Å². The molecule has 1 aromatic heterocycles. The maximum Gasteiger partial charge on any atom is 0.249 e. The molecule has 2 aliphatic rings. The molecular weight excluding hydrogens is 312 g/mol. The normalized spacial score (nSPS) is 22.9. The predicted molar refractivity (Wildman–Crippen MR) is 84.9 cm³/mol. The summed E-state index contributed by atoms with van der Waals surface area (Å²) in [4.78, 5) is 27.6. The SMILES string of the molecule is CC(NCc1ccon1)C1CCN(C(=O)CN2CCOCC2=O)C1. The van der Waals surface area contributed by atoms with Crippen LogP contribution in [0.4, 0.5) is 0 Å². The highest BCUT2D eigenvalue weighted by Crippen LogP contribution is 2.20. The molecule has 2 fully saturated rings. The molecule has 2 saturated heterocycles. The number of hydrogen-bond donors (Lipinski definition) is 1. The van der Waals surface area contributed by atoms with Crippen LogP contribution >= 0.6 is 0 Å². The summed E-state index contributed by atoms with van der Waals surface area (Å²) in [6, 6.07) is 2.12. The summed E-state index contributed by atoms with van der Waals surface area (Å²) >= 11 is 0. The Kier molecular flexibility index (Phi) is 5.47. The summed E-state index contributed by atoms with van der Waals surface area (Å²) in [5, 5.41) is 7.31. The zero-order valence-corrected chi connectivity index (χ0v) is 13.9. The summed E-state index contributed by atoms with van der Waals surface area (Å²) < 4.78 is 9.91. The third kappa shape index (κ3) is 4.12. The minimum absolute atomic E-state index is 0.0245. The van der Waals surface area contributed by atoms with Gasteiger partial charge in [0.2, 0.25) is 11.8 Å². The molecule has 24 heavy (non-hydrogen) atoms. The average molecular weight is 336 g/mol. The third-order valence-corrected chi connectivity index (χ3v) is 4.79. The van der Waals surface area contributed by atoms with E-state index >= 15 is 0 Å². The minimum atomic E-state index is -0.104. The van der Waals surface area contributed by atoms with Crippen molar-refractivity contribution in [3.8, 4) is 0 Å². The van der Waals surface area contributed by atoms with Crippen molar-refractivity contribution >= 4 is 11.8 Å². The lowest BCUT2D eigenvalue weighted by molar-refractivity contribution is -0.148. The zero-order valence-electron chi connectivity index (χ0n) is 13.9. The number of rotatable bonds is 6. The molecular formula is C16H24N4O4. The van der Waals surface area contributed by atoms with Crippen molar-refractivity contribution in [2.24, 2.45) is 5.92 Å². The Labute approximate surface area is 141 Å². The van der Waals surface area contributed by atoms with Crippen LogP contribution in [0.2, 0.25) is 0 Å². The van der Waals surface area contributed by atoms with Crippen molar-refractivity contribution in [1.82, 2.24) is 20.3 Å². The van der Waals surface area contributed by atoms with Gasteiger partial charge in [0.15, 0.2) is 0 Å². The molecule has 0 aromatic carbocycles. The van der Waals surface area contributed by atoms with Gasteiger partial charge in [0.05, 0.1) is 18.8 Å². The number of ether oxygens (including phenoxy) is 1. The highest BCUT2D eigenvalue weighted by Gasteiger charge is 2.31. The van der Waals surface area contributed by atoms with Gasteiger partial charge in [-0.2, -0.15) is 0 Å². The first-order valence-corrected chi connectivity index (χ1v) is 8.39. The molecule has 8 heteroatoms. The van der Waals surface area contributed by atoms with E-state index in [-0.39, 0.29) is 31.0 Å². The lowest BCUT2D eigenvalue weighted by Gasteiger charge is -2.28. The Balaban J connectivity index is 1.43. The van der Waals surface area contributed by atoms with Crippen LogP contribution in [0.1, 0.15) is 19.0 Å². The minimum Gasteiger partial charge on any atom is -0.370 e. The number of morpholine rings is 1. The fourth-order valence-corrected chi connectivity index (χ4v) is 3.16. The molecule has 132 valence electrons. The molecule has 2 unspecified atom stereocenters. The molecule has 1 N–H and O–H groups in total. The van der Waals surface area contributed by atoms with Crippen LogP contribution in [0, 0.1) is 5.92 Å². The van der Waals surface area contributed by atoms with Crippen molar-refractivity contribution in [2.75, 3.05) is 39.4 Å². The lowest BCUT2D eigenvalue weighted by Crippen LogP contribution is -2.47. The quantitative estimate of drug-likeness (QED) is 0.778. The van der Waals surface area contributed by atoms with Gasteiger partial charge < -0.3 is 24.4 Å². The standard InChI is InChI=1S/C16H24N4O4/c1-12(17-8-14-3-6-24-18-14)13-2-4-19(9-13)15(21)10-20-5-7-23-11-16(20)22/h3,6,12-13,17H,2,4-5,7-11H2,1H3. The van der Waals surface area contributed by atoms with Gasteiger partial charge in [0, 0.05) is 38.3 Å². The van der Waals surface area contributed by atoms with Gasteiger partial charge in [-0.1, -0.05) is 5.16 Å². The molecule has 0 saturated carbocycles. The maximum absolute atomic E-state index is 12.4. The van der Waals surface area contributed by atoms with E-state index in [1.54, 1.807) is 11.2 Å². The molecule has 0 bridgehead atoms. The number of carbonyl (C=O) groups excluding carboxylic acids is 2. The Bertz CT molecular complexity index is 562. The fraction of sp³-hybridized carbons (Fsp3) is 0.688. The second-order valence-corrected chi connectivity index (χ2v) is 6.42. The largest absolute Gasteiger partial charge is 0.370 e. The summed E-state index contributed by atoms with van der Waals surface area (Å²) in [6.07, 6.45) is 2.53. The van der Waals surface area contributed by atoms with Crippen molar-refractivity contribution in [3.05, 3.63) is 18.0 Å². The first-order chi connectivity index (χ1) is 11.6. The molecule has 3 rings (SSSR count). The van der Waals surface area contributed by atoms with E-state index in [1.165, 1.54) is 0 Å². The molecule has 2 amide bonds. The highest BCUT2D eigenvalue weighted by atomic mass is 16.5. The van der Waals surface area contributed by atoms with Crippen molar-refractivity contribution < 1.29 is 18.8 Å². The fourth-order valence-electron chi connectivity index (χ4n) is 3.16. The molecule has 0 spiro atoms. The smallest absolute Gasteiger partial charge is 0.249 e. The highest BCUT2D eigenvalue weighted by molar-refractivity contribution is 5.85. The van der Waals surface area contributed by atoms with Crippen LogP contribution in [0.25, 0.3) is 0 Å². The zero-order chi connectivity index (χ0) is 16.9. The molecule has 3 heterocycles. The Morgan fingerprint density at radius 3 is 3.12 bits per heavy atom. The van der Waals surface area contributed by atoms with Crippen molar-refractivity contribution in [1.29, 1.82) is 0 Å². The lowest BCUT2D eigenvalue weighted by atomic mass is 10.0. The van der Waals surface area contributed by atoms with Gasteiger partial charge in [0.25, 0.3) is 0 Å². The summed E-state index contributed by atoms with van der Waals surface area (Å²) in [5.74, 6) is 0.325. The van der Waals surface area contributed by atoms with Crippen LogP contribution in [-0.2, 0) is 20.9 Å². The molecule has 2 atom stereocenters.